The maximum absolute atomic E-state index is 12.5. The van der Waals surface area contributed by atoms with E-state index >= 15 is 0 Å². The van der Waals surface area contributed by atoms with Gasteiger partial charge in [-0.05, 0) is 29.8 Å². The maximum atomic E-state index is 12.5. The van der Waals surface area contributed by atoms with Crippen LogP contribution in [0.3, 0.4) is 0 Å². The number of aldehydes is 1. The number of ketones is 1. The Morgan fingerprint density at radius 3 is 2.04 bits per heavy atom. The topological polar surface area (TPSA) is 34.1 Å². The van der Waals surface area contributed by atoms with Crippen LogP contribution in [0.15, 0.2) is 42.5 Å². The first-order valence-electron chi connectivity index (χ1n) is 6.82. The summed E-state index contributed by atoms with van der Waals surface area (Å²) in [5.74, 6) is -1.67. The van der Waals surface area contributed by atoms with Crippen LogP contribution in [-0.2, 0) is 22.2 Å². The Labute approximate surface area is 146 Å². The molecule has 0 heterocycles. The number of alkyl halides is 3. The van der Waals surface area contributed by atoms with Gasteiger partial charge in [-0.3, -0.25) is 4.79 Å². The molecule has 2 aromatic carbocycles. The van der Waals surface area contributed by atoms with Crippen LogP contribution in [0.1, 0.15) is 22.6 Å². The molecule has 1 atom stereocenters. The molecule has 0 bridgehead atoms. The first-order chi connectivity index (χ1) is 11.2. The Kier molecular flexibility index (Phi) is 5.67. The first kappa shape index (κ1) is 18.5. The number of halogens is 5. The molecule has 2 nitrogen and oxygen atoms in total. The zero-order chi connectivity index (χ0) is 17.9. The summed E-state index contributed by atoms with van der Waals surface area (Å²) >= 11 is 12.0. The Balaban J connectivity index is 2.23. The molecule has 0 radical (unpaired) electrons. The van der Waals surface area contributed by atoms with E-state index in [2.05, 4.69) is 0 Å². The fraction of sp³-hybridized carbons (Fsp3) is 0.176. The van der Waals surface area contributed by atoms with Gasteiger partial charge in [0.05, 0.1) is 5.56 Å². The number of hydrogen-bond donors (Lipinski definition) is 0. The summed E-state index contributed by atoms with van der Waals surface area (Å²) in [5, 5.41) is 0.362. The van der Waals surface area contributed by atoms with Gasteiger partial charge in [0.1, 0.15) is 12.2 Å². The zero-order valence-corrected chi connectivity index (χ0v) is 13.6. The maximum Gasteiger partial charge on any atom is 0.416 e. The van der Waals surface area contributed by atoms with Crippen LogP contribution in [0.2, 0.25) is 10.0 Å². The number of carbonyl (C=O) groups is 2. The lowest BCUT2D eigenvalue weighted by molar-refractivity contribution is -0.137. The summed E-state index contributed by atoms with van der Waals surface area (Å²) < 4.78 is 37.6. The second kappa shape index (κ2) is 7.36. The SMILES string of the molecule is O=CC(C(=O)Cc1ccc(C(F)(F)F)cc1)c1c(Cl)cccc1Cl. The lowest BCUT2D eigenvalue weighted by Gasteiger charge is -2.14. The van der Waals surface area contributed by atoms with Crippen molar-refractivity contribution in [2.45, 2.75) is 18.5 Å². The van der Waals surface area contributed by atoms with E-state index in [1.165, 1.54) is 24.3 Å². The Morgan fingerprint density at radius 1 is 1.04 bits per heavy atom. The molecule has 1 unspecified atom stereocenters. The van der Waals surface area contributed by atoms with Crippen molar-refractivity contribution in [2.24, 2.45) is 0 Å². The minimum Gasteiger partial charge on any atom is -0.302 e. The Bertz CT molecular complexity index is 735. The number of Topliss-reactive ketones (excluding diaryl/α,β-unsaturated/α-hetero) is 1. The van der Waals surface area contributed by atoms with Crippen molar-refractivity contribution >= 4 is 35.3 Å². The van der Waals surface area contributed by atoms with E-state index in [1.54, 1.807) is 6.07 Å². The standard InChI is InChI=1S/C17H11Cl2F3O2/c18-13-2-1-3-14(19)16(13)12(9-23)15(24)8-10-4-6-11(7-5-10)17(20,21)22/h1-7,9,12H,8H2. The minimum atomic E-state index is -4.45. The van der Waals surface area contributed by atoms with Crippen molar-refractivity contribution in [1.82, 2.24) is 0 Å². The molecule has 0 saturated carbocycles. The van der Waals surface area contributed by atoms with E-state index in [0.29, 0.717) is 11.8 Å². The second-order valence-electron chi connectivity index (χ2n) is 5.09. The summed E-state index contributed by atoms with van der Waals surface area (Å²) in [4.78, 5) is 23.7. The van der Waals surface area contributed by atoms with E-state index in [4.69, 9.17) is 23.2 Å². The van der Waals surface area contributed by atoms with Gasteiger partial charge in [0.15, 0.2) is 5.78 Å². The van der Waals surface area contributed by atoms with Crippen molar-refractivity contribution in [3.63, 3.8) is 0 Å². The summed E-state index contributed by atoms with van der Waals surface area (Å²) in [5.41, 5.74) is -0.240. The molecule has 2 aromatic rings. The molecule has 0 amide bonds. The molecule has 0 aromatic heterocycles. The van der Waals surface area contributed by atoms with E-state index in [1.807, 2.05) is 0 Å². The minimum absolute atomic E-state index is 0.181. The van der Waals surface area contributed by atoms with Gasteiger partial charge in [-0.1, -0.05) is 41.4 Å². The van der Waals surface area contributed by atoms with Gasteiger partial charge in [-0.25, -0.2) is 0 Å². The molecule has 0 N–H and O–H groups in total. The molecule has 0 aliphatic carbocycles. The molecule has 24 heavy (non-hydrogen) atoms. The normalized spacial score (nSPS) is 12.7. The largest absolute Gasteiger partial charge is 0.416 e. The summed E-state index contributed by atoms with van der Waals surface area (Å²) in [6.07, 6.45) is -4.22. The lowest BCUT2D eigenvalue weighted by Crippen LogP contribution is -2.17. The second-order valence-corrected chi connectivity index (χ2v) is 5.90. The third kappa shape index (κ3) is 4.16. The molecular weight excluding hydrogens is 364 g/mol. The molecular formula is C17H11Cl2F3O2. The first-order valence-corrected chi connectivity index (χ1v) is 7.57. The summed E-state index contributed by atoms with van der Waals surface area (Å²) in [6.45, 7) is 0. The highest BCUT2D eigenvalue weighted by atomic mass is 35.5. The van der Waals surface area contributed by atoms with Gasteiger partial charge in [-0.15, -0.1) is 0 Å². The van der Waals surface area contributed by atoms with Crippen molar-refractivity contribution in [1.29, 1.82) is 0 Å². The molecule has 0 aliphatic rings. The summed E-state index contributed by atoms with van der Waals surface area (Å²) in [6, 6.07) is 8.78. The number of carbonyl (C=O) groups excluding carboxylic acids is 2. The van der Waals surface area contributed by atoms with Crippen LogP contribution in [0.25, 0.3) is 0 Å². The fourth-order valence-corrected chi connectivity index (χ4v) is 2.87. The van der Waals surface area contributed by atoms with Crippen LogP contribution in [0, 0.1) is 0 Å². The van der Waals surface area contributed by atoms with E-state index in [0.717, 1.165) is 12.1 Å². The van der Waals surface area contributed by atoms with E-state index in [9.17, 15) is 22.8 Å². The van der Waals surface area contributed by atoms with E-state index < -0.39 is 23.4 Å². The van der Waals surface area contributed by atoms with Crippen molar-refractivity contribution < 1.29 is 22.8 Å². The monoisotopic (exact) mass is 374 g/mol. The molecule has 0 aliphatic heterocycles. The van der Waals surface area contributed by atoms with Gasteiger partial charge in [-0.2, -0.15) is 13.2 Å². The van der Waals surface area contributed by atoms with Gasteiger partial charge < -0.3 is 4.79 Å². The highest BCUT2D eigenvalue weighted by Gasteiger charge is 2.30. The number of benzene rings is 2. The molecule has 7 heteroatoms. The van der Waals surface area contributed by atoms with Crippen molar-refractivity contribution in [3.8, 4) is 0 Å². The highest BCUT2D eigenvalue weighted by molar-refractivity contribution is 6.37. The van der Waals surface area contributed by atoms with Gasteiger partial charge in [0.2, 0.25) is 0 Å². The predicted octanol–water partition coefficient (Wildman–Crippen LogP) is 5.11. The Hall–Kier alpha value is -1.85. The van der Waals surface area contributed by atoms with Crippen LogP contribution in [0.4, 0.5) is 13.2 Å². The lowest BCUT2D eigenvalue weighted by atomic mass is 9.92. The quantitative estimate of drug-likeness (QED) is 0.538. The van der Waals surface area contributed by atoms with E-state index in [-0.39, 0.29) is 22.0 Å². The fourth-order valence-electron chi connectivity index (χ4n) is 2.24. The van der Waals surface area contributed by atoms with Gasteiger partial charge in [0.25, 0.3) is 0 Å². The summed E-state index contributed by atoms with van der Waals surface area (Å²) in [7, 11) is 0. The number of hydrogen-bond acceptors (Lipinski definition) is 2. The van der Waals surface area contributed by atoms with Crippen LogP contribution >= 0.6 is 23.2 Å². The predicted molar refractivity (Wildman–Crippen MR) is 85.4 cm³/mol. The molecule has 0 fully saturated rings. The average molecular weight is 375 g/mol. The Morgan fingerprint density at radius 2 is 1.58 bits per heavy atom. The molecule has 2 rings (SSSR count). The highest BCUT2D eigenvalue weighted by Crippen LogP contribution is 2.32. The molecule has 126 valence electrons. The van der Waals surface area contributed by atoms with Crippen molar-refractivity contribution in [3.05, 3.63) is 69.2 Å². The molecule has 0 spiro atoms. The van der Waals surface area contributed by atoms with Crippen LogP contribution in [-0.4, -0.2) is 12.1 Å². The molecule has 0 saturated heterocycles. The average Bonchev–Trinajstić information content (AvgIpc) is 2.50. The third-order valence-electron chi connectivity index (χ3n) is 3.45. The smallest absolute Gasteiger partial charge is 0.302 e. The van der Waals surface area contributed by atoms with Gasteiger partial charge in [0, 0.05) is 22.0 Å². The number of rotatable bonds is 5. The van der Waals surface area contributed by atoms with Crippen LogP contribution in [0.5, 0.6) is 0 Å². The zero-order valence-electron chi connectivity index (χ0n) is 12.1. The third-order valence-corrected chi connectivity index (χ3v) is 4.11. The van der Waals surface area contributed by atoms with Crippen molar-refractivity contribution in [2.75, 3.05) is 0 Å². The van der Waals surface area contributed by atoms with Crippen LogP contribution < -0.4 is 0 Å². The van der Waals surface area contributed by atoms with Gasteiger partial charge >= 0.3 is 6.18 Å².